The van der Waals surface area contributed by atoms with Gasteiger partial charge >= 0.3 is 10.1 Å². The molecule has 2 aromatic carbocycles. The molecule has 0 spiro atoms. The molecule has 33 heavy (non-hydrogen) atoms. The number of para-hydroxylation sites is 1. The molecule has 5 rings (SSSR count). The lowest BCUT2D eigenvalue weighted by Gasteiger charge is -2.29. The minimum absolute atomic E-state index is 0.0162. The lowest BCUT2D eigenvalue weighted by molar-refractivity contribution is -0.194. The third-order valence-electron chi connectivity index (χ3n) is 5.82. The topological polar surface area (TPSA) is 92.5 Å². The van der Waals surface area contributed by atoms with E-state index >= 15 is 0 Å². The molecule has 0 N–H and O–H groups in total. The van der Waals surface area contributed by atoms with E-state index in [0.717, 1.165) is 25.7 Å². The second kappa shape index (κ2) is 8.88. The Morgan fingerprint density at radius 3 is 2.39 bits per heavy atom. The highest BCUT2D eigenvalue weighted by Gasteiger charge is 2.50. The minimum atomic E-state index is -4.26. The molecule has 1 aromatic heterocycles. The van der Waals surface area contributed by atoms with Crippen molar-refractivity contribution in [1.82, 2.24) is 14.8 Å². The minimum Gasteiger partial charge on any atom is -0.377 e. The molecule has 3 aromatic rings. The number of aromatic nitrogens is 3. The molecule has 0 radical (unpaired) electrons. The van der Waals surface area contributed by atoms with E-state index in [0.29, 0.717) is 15.6 Å². The summed E-state index contributed by atoms with van der Waals surface area (Å²) >= 11 is 12.4. The molecule has 2 heterocycles. The van der Waals surface area contributed by atoms with Gasteiger partial charge in [-0.05, 0) is 37.1 Å². The van der Waals surface area contributed by atoms with Gasteiger partial charge in [0.15, 0.2) is 0 Å². The van der Waals surface area contributed by atoms with E-state index in [2.05, 4.69) is 10.2 Å². The van der Waals surface area contributed by atoms with E-state index < -0.39 is 15.9 Å². The summed E-state index contributed by atoms with van der Waals surface area (Å²) in [5.74, 6) is -1.11. The standard InChI is InChI=1S/C22H21Cl2N3O5S/c23-17-11-10-15(12-18(17)24)22(30-19-8-4-5-9-20(19)31-22)13-27-14-25-26-21(27)33(28,29)32-16-6-2-1-3-7-16/h1-3,6-7,10-12,14,19-20H,4-5,8-9,13H2. The number of hydrogen-bond acceptors (Lipinski definition) is 7. The first-order chi connectivity index (χ1) is 15.9. The van der Waals surface area contributed by atoms with Gasteiger partial charge in [-0.25, -0.2) is 0 Å². The Labute approximate surface area is 201 Å². The summed E-state index contributed by atoms with van der Waals surface area (Å²) in [6.45, 7) is -0.0162. The second-order valence-corrected chi connectivity index (χ2v) is 10.3. The maximum absolute atomic E-state index is 13.0. The lowest BCUT2D eigenvalue weighted by atomic mass is 9.95. The Bertz CT molecular complexity index is 1240. The molecular weight excluding hydrogens is 489 g/mol. The van der Waals surface area contributed by atoms with Crippen molar-refractivity contribution in [2.24, 2.45) is 0 Å². The van der Waals surface area contributed by atoms with E-state index in [-0.39, 0.29) is 29.7 Å². The molecule has 1 saturated carbocycles. The zero-order valence-electron chi connectivity index (χ0n) is 17.4. The Morgan fingerprint density at radius 1 is 1.03 bits per heavy atom. The van der Waals surface area contributed by atoms with Crippen molar-refractivity contribution in [1.29, 1.82) is 0 Å². The molecule has 174 valence electrons. The number of rotatable bonds is 6. The summed E-state index contributed by atoms with van der Waals surface area (Å²) in [5, 5.41) is 8.02. The largest absolute Gasteiger partial charge is 0.377 e. The van der Waals surface area contributed by atoms with E-state index in [4.69, 9.17) is 36.9 Å². The molecule has 8 nitrogen and oxygen atoms in total. The van der Waals surface area contributed by atoms with Gasteiger partial charge in [-0.1, -0.05) is 60.3 Å². The Morgan fingerprint density at radius 2 is 1.73 bits per heavy atom. The smallest absolute Gasteiger partial charge is 0.375 e. The molecule has 2 aliphatic rings. The highest BCUT2D eigenvalue weighted by atomic mass is 35.5. The highest BCUT2D eigenvalue weighted by molar-refractivity contribution is 7.86. The van der Waals surface area contributed by atoms with Gasteiger partial charge in [-0.2, -0.15) is 8.42 Å². The SMILES string of the molecule is O=S(=O)(Oc1ccccc1)c1nncn1CC1(c2ccc(Cl)c(Cl)c2)OC2CCCCC2O1. The summed E-state index contributed by atoms with van der Waals surface area (Å²) in [6.07, 6.45) is 4.90. The molecule has 2 atom stereocenters. The summed E-state index contributed by atoms with van der Waals surface area (Å²) in [4.78, 5) is 0. The van der Waals surface area contributed by atoms with Crippen LogP contribution in [0, 0.1) is 0 Å². The van der Waals surface area contributed by atoms with Gasteiger partial charge in [-0.3, -0.25) is 4.57 Å². The number of benzene rings is 2. The maximum atomic E-state index is 13.0. The number of nitrogens with zero attached hydrogens (tertiary/aromatic N) is 3. The van der Waals surface area contributed by atoms with Crippen molar-refractivity contribution in [3.05, 3.63) is 70.5 Å². The van der Waals surface area contributed by atoms with Gasteiger partial charge < -0.3 is 13.7 Å². The van der Waals surface area contributed by atoms with Crippen molar-refractivity contribution in [3.63, 3.8) is 0 Å². The van der Waals surface area contributed by atoms with Gasteiger partial charge in [-0.15, -0.1) is 10.2 Å². The van der Waals surface area contributed by atoms with Crippen LogP contribution in [0.3, 0.4) is 0 Å². The number of halogens is 2. The molecule has 1 aliphatic heterocycles. The van der Waals surface area contributed by atoms with Crippen molar-refractivity contribution in [3.8, 4) is 5.75 Å². The first-order valence-corrected chi connectivity index (χ1v) is 12.7. The van der Waals surface area contributed by atoms with Gasteiger partial charge in [0, 0.05) is 5.56 Å². The normalized spacial score (nSPS) is 25.0. The van der Waals surface area contributed by atoms with E-state index in [1.807, 2.05) is 0 Å². The van der Waals surface area contributed by atoms with Crippen LogP contribution in [0.25, 0.3) is 0 Å². The molecular formula is C22H21Cl2N3O5S. The van der Waals surface area contributed by atoms with Crippen LogP contribution in [-0.4, -0.2) is 35.4 Å². The van der Waals surface area contributed by atoms with Crippen molar-refractivity contribution in [2.45, 2.75) is 55.4 Å². The van der Waals surface area contributed by atoms with Crippen LogP contribution in [-0.2, 0) is 31.9 Å². The Balaban J connectivity index is 1.51. The lowest BCUT2D eigenvalue weighted by Crippen LogP contribution is -2.35. The molecule has 11 heteroatoms. The predicted molar refractivity (Wildman–Crippen MR) is 121 cm³/mol. The number of ether oxygens (including phenoxy) is 2. The Kier molecular flexibility index (Phi) is 6.09. The van der Waals surface area contributed by atoms with Gasteiger partial charge in [0.05, 0.1) is 28.8 Å². The fourth-order valence-electron chi connectivity index (χ4n) is 4.29. The average molecular weight is 510 g/mol. The highest BCUT2D eigenvalue weighted by Crippen LogP contribution is 2.45. The number of hydrogen-bond donors (Lipinski definition) is 0. The third kappa shape index (κ3) is 4.48. The summed E-state index contributed by atoms with van der Waals surface area (Å²) in [7, 11) is -4.26. The van der Waals surface area contributed by atoms with E-state index in [9.17, 15) is 8.42 Å². The van der Waals surface area contributed by atoms with Crippen LogP contribution in [0.1, 0.15) is 31.2 Å². The van der Waals surface area contributed by atoms with Crippen LogP contribution in [0.2, 0.25) is 10.0 Å². The van der Waals surface area contributed by atoms with Gasteiger partial charge in [0.1, 0.15) is 12.1 Å². The van der Waals surface area contributed by atoms with Crippen molar-refractivity contribution in [2.75, 3.05) is 0 Å². The zero-order chi connectivity index (χ0) is 23.1. The molecule has 0 bridgehead atoms. The average Bonchev–Trinajstić information content (AvgIpc) is 3.41. The first-order valence-electron chi connectivity index (χ1n) is 10.5. The fraction of sp³-hybridized carbons (Fsp3) is 0.364. The quantitative estimate of drug-likeness (QED) is 0.449. The summed E-state index contributed by atoms with van der Waals surface area (Å²) in [5.41, 5.74) is 0.632. The molecule has 2 fully saturated rings. The van der Waals surface area contributed by atoms with Gasteiger partial charge in [0.25, 0.3) is 5.16 Å². The monoisotopic (exact) mass is 509 g/mol. The molecule has 1 aliphatic carbocycles. The fourth-order valence-corrected chi connectivity index (χ4v) is 5.58. The molecule has 1 saturated heterocycles. The van der Waals surface area contributed by atoms with Crippen molar-refractivity contribution >= 4 is 33.3 Å². The number of fused-ring (bicyclic) bond motifs is 1. The van der Waals surface area contributed by atoms with Crippen molar-refractivity contribution < 1.29 is 22.1 Å². The second-order valence-electron chi connectivity index (χ2n) is 8.07. The third-order valence-corrected chi connectivity index (χ3v) is 7.73. The molecule has 0 amide bonds. The summed E-state index contributed by atoms with van der Waals surface area (Å²) < 4.78 is 45.5. The maximum Gasteiger partial charge on any atom is 0.375 e. The molecule has 2 unspecified atom stereocenters. The van der Waals surface area contributed by atoms with Crippen LogP contribution in [0.5, 0.6) is 5.75 Å². The first kappa shape index (κ1) is 22.6. The van der Waals surface area contributed by atoms with Crippen LogP contribution < -0.4 is 4.18 Å². The predicted octanol–water partition coefficient (Wildman–Crippen LogP) is 4.56. The summed E-state index contributed by atoms with van der Waals surface area (Å²) in [6, 6.07) is 13.3. The van der Waals surface area contributed by atoms with Crippen LogP contribution in [0.4, 0.5) is 0 Å². The van der Waals surface area contributed by atoms with Crippen LogP contribution in [0.15, 0.2) is 60.0 Å². The zero-order valence-corrected chi connectivity index (χ0v) is 19.8. The van der Waals surface area contributed by atoms with Crippen LogP contribution >= 0.6 is 23.2 Å². The van der Waals surface area contributed by atoms with Gasteiger partial charge in [0.2, 0.25) is 5.79 Å². The van der Waals surface area contributed by atoms with E-state index in [1.54, 1.807) is 48.5 Å². The van der Waals surface area contributed by atoms with E-state index in [1.165, 1.54) is 10.9 Å². The Hall–Kier alpha value is -2.17.